The van der Waals surface area contributed by atoms with E-state index in [0.29, 0.717) is 63.4 Å². The molecule has 15 atom stereocenters. The molecule has 1 aromatic carbocycles. The fourth-order valence-electron chi connectivity index (χ4n) is 10.6. The number of nitrogens with zero attached hydrogens (tertiary/aromatic N) is 1. The lowest BCUT2D eigenvalue weighted by Crippen LogP contribution is -2.60. The van der Waals surface area contributed by atoms with Gasteiger partial charge < -0.3 is 39.2 Å². The number of ether oxygens (including phenoxy) is 4. The van der Waals surface area contributed by atoms with E-state index in [4.69, 9.17) is 18.9 Å². The lowest BCUT2D eigenvalue weighted by molar-refractivity contribution is -0.263. The highest BCUT2D eigenvalue weighted by atomic mass is 32.2. The number of carbonyl (C=O) groups excluding carboxylic acids is 5. The average Bonchev–Trinajstić information content (AvgIpc) is 3.34. The number of hydrogen-bond donors (Lipinski definition) is 3. The van der Waals surface area contributed by atoms with Gasteiger partial charge in [-0.2, -0.15) is 0 Å². The largest absolute Gasteiger partial charge is 0.460 e. The van der Waals surface area contributed by atoms with E-state index in [1.807, 2.05) is 88.4 Å². The first-order valence-electron chi connectivity index (χ1n) is 25.6. The van der Waals surface area contributed by atoms with E-state index in [0.717, 1.165) is 16.9 Å². The summed E-state index contributed by atoms with van der Waals surface area (Å²) in [5.74, 6) is -7.91. The zero-order chi connectivity index (χ0) is 51.3. The van der Waals surface area contributed by atoms with Crippen molar-refractivity contribution in [3.63, 3.8) is 0 Å². The van der Waals surface area contributed by atoms with Crippen LogP contribution in [0.15, 0.2) is 82.8 Å². The minimum absolute atomic E-state index is 0.0190. The quantitative estimate of drug-likeness (QED) is 0.135. The minimum Gasteiger partial charge on any atom is -0.460 e. The first kappa shape index (κ1) is 57.1. The Balaban J connectivity index is 1.49. The second kappa shape index (κ2) is 26.8. The van der Waals surface area contributed by atoms with Gasteiger partial charge in [-0.1, -0.05) is 94.8 Å². The highest BCUT2D eigenvalue weighted by Gasteiger charge is 2.53. The van der Waals surface area contributed by atoms with Gasteiger partial charge in [-0.05, 0) is 120 Å². The van der Waals surface area contributed by atoms with Crippen molar-refractivity contribution in [1.29, 1.82) is 0 Å². The number of Topliss-reactive ketones (excluding diaryl/α,β-unsaturated/α-hetero) is 3. The second-order valence-electron chi connectivity index (χ2n) is 20.8. The molecule has 5 rings (SSSR count). The van der Waals surface area contributed by atoms with Crippen LogP contribution in [-0.4, -0.2) is 124 Å². The summed E-state index contributed by atoms with van der Waals surface area (Å²) in [6.45, 7) is 12.9. The molecule has 1 amide bonds. The molecule has 2 bridgehead atoms. The number of aliphatic hydroxyl groups is 3. The number of esters is 1. The zero-order valence-electron chi connectivity index (χ0n) is 43.0. The normalized spacial score (nSPS) is 38.3. The fourth-order valence-corrected chi connectivity index (χ4v) is 11.9. The van der Waals surface area contributed by atoms with Crippen LogP contribution >= 0.6 is 11.8 Å². The van der Waals surface area contributed by atoms with E-state index in [2.05, 4.69) is 0 Å². The molecule has 70 heavy (non-hydrogen) atoms. The van der Waals surface area contributed by atoms with E-state index < -0.39 is 77.8 Å². The van der Waals surface area contributed by atoms with Crippen molar-refractivity contribution in [2.45, 2.75) is 184 Å². The Hall–Kier alpha value is -3.76. The third-order valence-corrected chi connectivity index (χ3v) is 16.6. The third kappa shape index (κ3) is 15.1. The van der Waals surface area contributed by atoms with Crippen molar-refractivity contribution in [3.8, 4) is 0 Å². The predicted octanol–water partition coefficient (Wildman–Crippen LogP) is 8.33. The molecule has 3 heterocycles. The van der Waals surface area contributed by atoms with Gasteiger partial charge in [0, 0.05) is 55.1 Å². The Kier molecular flexibility index (Phi) is 21.9. The summed E-state index contributed by atoms with van der Waals surface area (Å²) in [7, 11) is 2.96. The molecule has 14 heteroatoms. The van der Waals surface area contributed by atoms with Gasteiger partial charge in [-0.15, -0.1) is 11.8 Å². The van der Waals surface area contributed by atoms with Crippen molar-refractivity contribution < 1.29 is 58.2 Å². The fraction of sp³-hybridized carbons (Fsp3) is 0.661. The van der Waals surface area contributed by atoms with Crippen LogP contribution in [0.2, 0.25) is 0 Å². The monoisotopic (exact) mass is 992 g/mol. The topological polar surface area (TPSA) is 186 Å². The van der Waals surface area contributed by atoms with Crippen LogP contribution in [-0.2, 0) is 42.9 Å². The average molecular weight is 992 g/mol. The molecule has 3 N–H and O–H groups in total. The summed E-state index contributed by atoms with van der Waals surface area (Å²) in [5, 5.41) is 34.1. The number of methoxy groups -OCH3 is 2. The maximum atomic E-state index is 14.5. The molecule has 0 aromatic heterocycles. The zero-order valence-corrected chi connectivity index (χ0v) is 43.8. The highest BCUT2D eigenvalue weighted by Crippen LogP contribution is 2.40. The number of hydrogen-bond acceptors (Lipinski definition) is 13. The summed E-state index contributed by atoms with van der Waals surface area (Å²) in [4.78, 5) is 73.6. The Morgan fingerprint density at radius 1 is 0.857 bits per heavy atom. The molecule has 0 spiro atoms. The van der Waals surface area contributed by atoms with Crippen LogP contribution in [0.5, 0.6) is 0 Å². The van der Waals surface area contributed by atoms with Gasteiger partial charge in [0.05, 0.1) is 18.3 Å². The first-order valence-corrected chi connectivity index (χ1v) is 26.5. The van der Waals surface area contributed by atoms with Gasteiger partial charge >= 0.3 is 5.97 Å². The first-order chi connectivity index (χ1) is 33.3. The standard InChI is InChI=1S/C56H81NO12S/c1-34-18-12-10-13-19-35(2)49(70-43-20-14-11-15-21-43)32-42-25-23-40(7)56(65,69-42)53(62)54(63)57-27-17-16-22-44(57)55(64)68-47(37(4)30-41-24-26-45(58)48(31-41)66-8)33-46(59)36(3)29-39(6)51(61)52(67-9)50(60)38(5)28-34/h10-15,18-21,29,34,36-38,40-42,44-45,47-49,51-52,58,61,65H,16-17,22-28,30-33H2,1-9H3/b13-10+,18-12-,35-19+,39-29+/t34-,36-,37-,38-,40-,41+,42+,44+,45-,47+,48-,49+,51-,52+,56-/m1/s1. The van der Waals surface area contributed by atoms with Gasteiger partial charge in [0.25, 0.3) is 11.7 Å². The van der Waals surface area contributed by atoms with Crippen LogP contribution in [0, 0.1) is 35.5 Å². The van der Waals surface area contributed by atoms with Crippen molar-refractivity contribution in [3.05, 3.63) is 77.9 Å². The smallest absolute Gasteiger partial charge is 0.329 e. The van der Waals surface area contributed by atoms with Crippen LogP contribution in [0.25, 0.3) is 0 Å². The number of carbonyl (C=O) groups is 5. The number of amides is 1. The maximum absolute atomic E-state index is 14.5. The molecular weight excluding hydrogens is 911 g/mol. The van der Waals surface area contributed by atoms with Crippen LogP contribution in [0.4, 0.5) is 0 Å². The minimum atomic E-state index is -2.42. The number of allylic oxidation sites excluding steroid dienone is 6. The predicted molar refractivity (Wildman–Crippen MR) is 270 cm³/mol. The SMILES string of the molecule is CO[C@@H]1C[C@H](C[C@@H](C)[C@@H]2CC(=O)[C@H](C)/C=C(\C)[C@@H](O)[C@@H](OC)C(=O)[C@H](C)C[C@H](C)\C=C/C=C/C=C(\C)[C@@H](Sc3ccccc3)C[C@@H]3CC[C@@H](C)[C@@](O)(O3)C(=O)C(=O)N3CCCC[C@H]3C(=O)O2)CC[C@H]1O. The van der Waals surface area contributed by atoms with Gasteiger partial charge in [0.2, 0.25) is 5.79 Å². The molecule has 4 aliphatic rings. The Labute approximate surface area is 420 Å². The van der Waals surface area contributed by atoms with Gasteiger partial charge in [0.15, 0.2) is 5.78 Å². The number of benzene rings is 1. The number of aliphatic hydroxyl groups excluding tert-OH is 2. The number of fused-ring (bicyclic) bond motifs is 3. The highest BCUT2D eigenvalue weighted by molar-refractivity contribution is 8.00. The Bertz CT molecular complexity index is 2050. The summed E-state index contributed by atoms with van der Waals surface area (Å²) >= 11 is 1.65. The van der Waals surface area contributed by atoms with E-state index in [-0.39, 0.29) is 60.1 Å². The molecule has 1 saturated carbocycles. The maximum Gasteiger partial charge on any atom is 0.329 e. The van der Waals surface area contributed by atoms with E-state index in [1.165, 1.54) is 12.0 Å². The van der Waals surface area contributed by atoms with E-state index in [1.54, 1.807) is 45.7 Å². The Morgan fingerprint density at radius 2 is 1.59 bits per heavy atom. The molecule has 0 radical (unpaired) electrons. The van der Waals surface area contributed by atoms with E-state index >= 15 is 0 Å². The molecule has 13 nitrogen and oxygen atoms in total. The molecule has 0 unspecified atom stereocenters. The molecular formula is C56H81NO12S. The lowest BCUT2D eigenvalue weighted by atomic mass is 9.78. The molecule has 388 valence electrons. The van der Waals surface area contributed by atoms with Crippen molar-refractivity contribution >= 4 is 41.0 Å². The second-order valence-corrected chi connectivity index (χ2v) is 22.1. The van der Waals surface area contributed by atoms with Gasteiger partial charge in [-0.3, -0.25) is 19.2 Å². The molecule has 3 aliphatic heterocycles. The van der Waals surface area contributed by atoms with Gasteiger partial charge in [0.1, 0.15) is 30.1 Å². The molecule has 2 saturated heterocycles. The third-order valence-electron chi connectivity index (χ3n) is 15.2. The van der Waals surface area contributed by atoms with E-state index in [9.17, 15) is 39.3 Å². The van der Waals surface area contributed by atoms with Crippen molar-refractivity contribution in [2.24, 2.45) is 35.5 Å². The van der Waals surface area contributed by atoms with Gasteiger partial charge in [-0.25, -0.2) is 4.79 Å². The summed E-state index contributed by atoms with van der Waals surface area (Å²) < 4.78 is 23.9. The molecule has 3 fully saturated rings. The van der Waals surface area contributed by atoms with Crippen LogP contribution in [0.3, 0.4) is 0 Å². The van der Waals surface area contributed by atoms with Crippen molar-refractivity contribution in [1.82, 2.24) is 4.90 Å². The van der Waals surface area contributed by atoms with Crippen molar-refractivity contribution in [2.75, 3.05) is 20.8 Å². The number of rotatable bonds is 7. The lowest BCUT2D eigenvalue weighted by Gasteiger charge is -2.43. The number of thioether (sulfide) groups is 1. The summed E-state index contributed by atoms with van der Waals surface area (Å²) in [6.07, 6.45) is 12.2. The number of piperidine rings is 1. The molecule has 1 aliphatic carbocycles. The Morgan fingerprint density at radius 3 is 2.29 bits per heavy atom. The summed E-state index contributed by atoms with van der Waals surface area (Å²) in [6, 6.07) is 8.81. The molecule has 1 aromatic rings. The van der Waals surface area contributed by atoms with Crippen LogP contribution in [0.1, 0.15) is 126 Å². The number of ketones is 3. The van der Waals surface area contributed by atoms with Crippen LogP contribution < -0.4 is 0 Å². The summed E-state index contributed by atoms with van der Waals surface area (Å²) in [5.41, 5.74) is 1.42. The number of cyclic esters (lactones) is 1.